The van der Waals surface area contributed by atoms with Gasteiger partial charge in [-0.3, -0.25) is 4.90 Å². The molecule has 0 saturated heterocycles. The van der Waals surface area contributed by atoms with E-state index in [1.807, 2.05) is 0 Å². The molecule has 0 aromatic heterocycles. The number of aliphatic carboxylic acids is 1. The molecule has 0 saturated carbocycles. The first-order valence-corrected chi connectivity index (χ1v) is 6.07. The SMILES string of the molecule is C=CCOC(=O)N1Cc2ccc(F)cc2C[C@@H]1C(=O)O. The van der Waals surface area contributed by atoms with Crippen molar-refractivity contribution in [1.82, 2.24) is 4.90 Å². The molecule has 0 aliphatic carbocycles. The van der Waals surface area contributed by atoms with E-state index >= 15 is 0 Å². The minimum Gasteiger partial charge on any atom is -0.480 e. The third kappa shape index (κ3) is 2.79. The summed E-state index contributed by atoms with van der Waals surface area (Å²) in [6.07, 6.45) is 0.749. The van der Waals surface area contributed by atoms with Crippen LogP contribution in [0.2, 0.25) is 0 Å². The second-order valence-electron chi connectivity index (χ2n) is 4.46. The number of ether oxygens (including phenoxy) is 1. The maximum atomic E-state index is 13.2. The molecule has 1 amide bonds. The Morgan fingerprint density at radius 1 is 1.50 bits per heavy atom. The highest BCUT2D eigenvalue weighted by Gasteiger charge is 2.35. The number of carbonyl (C=O) groups excluding carboxylic acids is 1. The number of rotatable bonds is 3. The van der Waals surface area contributed by atoms with Gasteiger partial charge in [-0.2, -0.15) is 0 Å². The summed E-state index contributed by atoms with van der Waals surface area (Å²) in [7, 11) is 0. The van der Waals surface area contributed by atoms with Crippen LogP contribution in [0.3, 0.4) is 0 Å². The first-order chi connectivity index (χ1) is 9.52. The van der Waals surface area contributed by atoms with E-state index in [0.29, 0.717) is 5.56 Å². The van der Waals surface area contributed by atoms with Crippen molar-refractivity contribution in [2.45, 2.75) is 19.0 Å². The van der Waals surface area contributed by atoms with Gasteiger partial charge in [-0.25, -0.2) is 14.0 Å². The van der Waals surface area contributed by atoms with Crippen molar-refractivity contribution in [2.24, 2.45) is 0 Å². The van der Waals surface area contributed by atoms with Crippen molar-refractivity contribution in [1.29, 1.82) is 0 Å². The average molecular weight is 279 g/mol. The van der Waals surface area contributed by atoms with Gasteiger partial charge in [0.1, 0.15) is 18.5 Å². The lowest BCUT2D eigenvalue weighted by Gasteiger charge is -2.33. The molecule has 6 heteroatoms. The van der Waals surface area contributed by atoms with Crippen molar-refractivity contribution >= 4 is 12.1 Å². The molecule has 20 heavy (non-hydrogen) atoms. The topological polar surface area (TPSA) is 66.8 Å². The summed E-state index contributed by atoms with van der Waals surface area (Å²) in [5.74, 6) is -1.56. The van der Waals surface area contributed by atoms with E-state index in [1.54, 1.807) is 6.07 Å². The van der Waals surface area contributed by atoms with Crippen LogP contribution in [0.5, 0.6) is 0 Å². The van der Waals surface area contributed by atoms with Gasteiger partial charge >= 0.3 is 12.1 Å². The van der Waals surface area contributed by atoms with Crippen molar-refractivity contribution in [3.8, 4) is 0 Å². The number of carbonyl (C=O) groups is 2. The van der Waals surface area contributed by atoms with Crippen molar-refractivity contribution in [2.75, 3.05) is 6.61 Å². The molecule has 5 nitrogen and oxygen atoms in total. The lowest BCUT2D eigenvalue weighted by atomic mass is 9.94. The van der Waals surface area contributed by atoms with E-state index in [1.165, 1.54) is 18.2 Å². The van der Waals surface area contributed by atoms with Crippen LogP contribution in [0.15, 0.2) is 30.9 Å². The molecule has 1 aliphatic rings. The van der Waals surface area contributed by atoms with Crippen LogP contribution in [0.25, 0.3) is 0 Å². The first kappa shape index (κ1) is 14.0. The summed E-state index contributed by atoms with van der Waals surface area (Å²) in [5, 5.41) is 9.21. The van der Waals surface area contributed by atoms with Gasteiger partial charge < -0.3 is 9.84 Å². The van der Waals surface area contributed by atoms with Crippen molar-refractivity contribution < 1.29 is 23.8 Å². The van der Waals surface area contributed by atoms with Crippen LogP contribution < -0.4 is 0 Å². The molecule has 1 aromatic carbocycles. The fourth-order valence-corrected chi connectivity index (χ4v) is 2.18. The zero-order chi connectivity index (χ0) is 14.7. The van der Waals surface area contributed by atoms with Crippen molar-refractivity contribution in [3.63, 3.8) is 0 Å². The van der Waals surface area contributed by atoms with E-state index in [4.69, 9.17) is 4.74 Å². The fraction of sp³-hybridized carbons (Fsp3) is 0.286. The Kier molecular flexibility index (Phi) is 4.02. The van der Waals surface area contributed by atoms with Gasteiger partial charge in [0.2, 0.25) is 0 Å². The summed E-state index contributed by atoms with van der Waals surface area (Å²) in [6.45, 7) is 3.52. The molecule has 0 spiro atoms. The van der Waals surface area contributed by atoms with Gasteiger partial charge in [0.15, 0.2) is 0 Å². The number of amides is 1. The molecule has 2 rings (SSSR count). The largest absolute Gasteiger partial charge is 0.480 e. The van der Waals surface area contributed by atoms with Gasteiger partial charge in [0.25, 0.3) is 0 Å². The van der Waals surface area contributed by atoms with Crippen LogP contribution in [0, 0.1) is 5.82 Å². The lowest BCUT2D eigenvalue weighted by molar-refractivity contribution is -0.143. The van der Waals surface area contributed by atoms with Gasteiger partial charge in [-0.15, -0.1) is 0 Å². The Hall–Kier alpha value is -2.37. The van der Waals surface area contributed by atoms with Gasteiger partial charge in [-0.05, 0) is 23.3 Å². The molecular weight excluding hydrogens is 265 g/mol. The summed E-state index contributed by atoms with van der Waals surface area (Å²) < 4.78 is 18.1. The Labute approximate surface area is 115 Å². The molecule has 0 unspecified atom stereocenters. The quantitative estimate of drug-likeness (QED) is 0.859. The highest BCUT2D eigenvalue weighted by atomic mass is 19.1. The summed E-state index contributed by atoms with van der Waals surface area (Å²) in [4.78, 5) is 24.3. The maximum Gasteiger partial charge on any atom is 0.411 e. The van der Waals surface area contributed by atoms with Crippen LogP contribution in [-0.2, 0) is 22.5 Å². The number of hydrogen-bond acceptors (Lipinski definition) is 3. The number of fused-ring (bicyclic) bond motifs is 1. The van der Waals surface area contributed by atoms with Crippen LogP contribution in [-0.4, -0.2) is 34.7 Å². The zero-order valence-electron chi connectivity index (χ0n) is 10.7. The smallest absolute Gasteiger partial charge is 0.411 e. The molecule has 0 bridgehead atoms. The Morgan fingerprint density at radius 2 is 2.25 bits per heavy atom. The molecular formula is C14H14FNO4. The third-order valence-corrected chi connectivity index (χ3v) is 3.14. The third-order valence-electron chi connectivity index (χ3n) is 3.14. The molecule has 1 N–H and O–H groups in total. The number of carboxylic acids is 1. The molecule has 106 valence electrons. The number of carboxylic acid groups (broad SMARTS) is 1. The second kappa shape index (κ2) is 5.73. The number of halogens is 1. The van der Waals surface area contributed by atoms with E-state index in [-0.39, 0.29) is 19.6 Å². The molecule has 1 aliphatic heterocycles. The minimum absolute atomic E-state index is 0.0119. The monoisotopic (exact) mass is 279 g/mol. The summed E-state index contributed by atoms with van der Waals surface area (Å²) in [5.41, 5.74) is 1.32. The molecule has 0 radical (unpaired) electrons. The van der Waals surface area contributed by atoms with Gasteiger partial charge in [-0.1, -0.05) is 18.7 Å². The fourth-order valence-electron chi connectivity index (χ4n) is 2.18. The van der Waals surface area contributed by atoms with E-state index < -0.39 is 23.9 Å². The van der Waals surface area contributed by atoms with Crippen molar-refractivity contribution in [3.05, 3.63) is 47.8 Å². The lowest BCUT2D eigenvalue weighted by Crippen LogP contribution is -2.48. The highest BCUT2D eigenvalue weighted by Crippen LogP contribution is 2.25. The summed E-state index contributed by atoms with van der Waals surface area (Å²) in [6, 6.07) is 3.09. The average Bonchev–Trinajstić information content (AvgIpc) is 2.43. The van der Waals surface area contributed by atoms with Gasteiger partial charge in [0, 0.05) is 6.42 Å². The number of nitrogens with zero attached hydrogens (tertiary/aromatic N) is 1. The standard InChI is InChI=1S/C14H14FNO4/c1-2-5-20-14(19)16-8-9-3-4-11(15)6-10(9)7-12(16)13(17)18/h2-4,6,12H,1,5,7-8H2,(H,17,18)/t12-/m1/s1. The highest BCUT2D eigenvalue weighted by molar-refractivity contribution is 5.81. The Bertz CT molecular complexity index is 558. The number of hydrogen-bond donors (Lipinski definition) is 1. The Balaban J connectivity index is 2.27. The Morgan fingerprint density at radius 3 is 2.90 bits per heavy atom. The van der Waals surface area contributed by atoms with Crippen LogP contribution >= 0.6 is 0 Å². The van der Waals surface area contributed by atoms with Crippen LogP contribution in [0.1, 0.15) is 11.1 Å². The van der Waals surface area contributed by atoms with E-state index in [0.717, 1.165) is 10.5 Å². The van der Waals surface area contributed by atoms with E-state index in [2.05, 4.69) is 6.58 Å². The van der Waals surface area contributed by atoms with Gasteiger partial charge in [0.05, 0.1) is 6.54 Å². The predicted molar refractivity (Wildman–Crippen MR) is 68.6 cm³/mol. The molecule has 1 heterocycles. The maximum absolute atomic E-state index is 13.2. The van der Waals surface area contributed by atoms with E-state index in [9.17, 15) is 19.1 Å². The molecule has 0 fully saturated rings. The molecule has 1 aromatic rings. The number of benzene rings is 1. The normalized spacial score (nSPS) is 17.2. The minimum atomic E-state index is -1.14. The second-order valence-corrected chi connectivity index (χ2v) is 4.46. The molecule has 1 atom stereocenters. The predicted octanol–water partition coefficient (Wildman–Crippen LogP) is 1.96. The summed E-state index contributed by atoms with van der Waals surface area (Å²) >= 11 is 0. The van der Waals surface area contributed by atoms with Crippen LogP contribution in [0.4, 0.5) is 9.18 Å². The zero-order valence-corrected chi connectivity index (χ0v) is 10.7. The first-order valence-electron chi connectivity index (χ1n) is 6.07.